The molecule has 114 valence electrons. The summed E-state index contributed by atoms with van der Waals surface area (Å²) in [4.78, 5) is 0. The molecule has 3 unspecified atom stereocenters. The fourth-order valence-electron chi connectivity index (χ4n) is 2.86. The molecular weight excluding hydrogens is 286 g/mol. The van der Waals surface area contributed by atoms with Crippen molar-refractivity contribution in [2.45, 2.75) is 56.7 Å². The van der Waals surface area contributed by atoms with Gasteiger partial charge in [-0.25, -0.2) is 0 Å². The SMILES string of the molecule is CCCn1nccc1C(NCC)C1SCCSC1CC. The van der Waals surface area contributed by atoms with Crippen LogP contribution in [-0.2, 0) is 6.54 Å². The molecule has 0 amide bonds. The van der Waals surface area contributed by atoms with Gasteiger partial charge in [-0.1, -0.05) is 20.8 Å². The highest BCUT2D eigenvalue weighted by atomic mass is 32.2. The lowest BCUT2D eigenvalue weighted by Crippen LogP contribution is -2.39. The van der Waals surface area contributed by atoms with E-state index >= 15 is 0 Å². The van der Waals surface area contributed by atoms with Crippen LogP contribution in [-0.4, -0.2) is 38.3 Å². The number of rotatable bonds is 7. The van der Waals surface area contributed by atoms with E-state index in [0.717, 1.165) is 24.8 Å². The predicted octanol–water partition coefficient (Wildman–Crippen LogP) is 3.57. The molecule has 2 rings (SSSR count). The molecule has 0 spiro atoms. The quantitative estimate of drug-likeness (QED) is 0.833. The van der Waals surface area contributed by atoms with Crippen molar-refractivity contribution in [3.8, 4) is 0 Å². The smallest absolute Gasteiger partial charge is 0.0623 e. The van der Waals surface area contributed by atoms with Gasteiger partial charge in [-0.2, -0.15) is 28.6 Å². The lowest BCUT2D eigenvalue weighted by Gasteiger charge is -2.36. The van der Waals surface area contributed by atoms with Gasteiger partial charge < -0.3 is 5.32 Å². The van der Waals surface area contributed by atoms with Crippen LogP contribution in [0.25, 0.3) is 0 Å². The van der Waals surface area contributed by atoms with Gasteiger partial charge in [0.15, 0.2) is 0 Å². The van der Waals surface area contributed by atoms with Crippen molar-refractivity contribution < 1.29 is 0 Å². The van der Waals surface area contributed by atoms with Gasteiger partial charge in [0.1, 0.15) is 0 Å². The van der Waals surface area contributed by atoms with Crippen LogP contribution >= 0.6 is 23.5 Å². The first kappa shape index (κ1) is 16.2. The first-order valence-corrected chi connectivity index (χ1v) is 9.89. The normalized spacial score (nSPS) is 24.8. The summed E-state index contributed by atoms with van der Waals surface area (Å²) < 4.78 is 2.19. The van der Waals surface area contributed by atoms with Crippen molar-refractivity contribution in [2.24, 2.45) is 0 Å². The molecule has 1 aromatic heterocycles. The van der Waals surface area contributed by atoms with Gasteiger partial charge in [0.05, 0.1) is 11.7 Å². The molecule has 1 aliphatic heterocycles. The Morgan fingerprint density at radius 3 is 2.85 bits per heavy atom. The molecule has 1 aliphatic rings. The van der Waals surface area contributed by atoms with Gasteiger partial charge in [-0.05, 0) is 25.5 Å². The van der Waals surface area contributed by atoms with Crippen LogP contribution < -0.4 is 5.32 Å². The van der Waals surface area contributed by atoms with Crippen LogP contribution in [0, 0.1) is 0 Å². The van der Waals surface area contributed by atoms with E-state index in [9.17, 15) is 0 Å². The fraction of sp³-hybridized carbons (Fsp3) is 0.800. The van der Waals surface area contributed by atoms with E-state index in [1.165, 1.54) is 23.6 Å². The number of nitrogens with one attached hydrogen (secondary N) is 1. The van der Waals surface area contributed by atoms with Crippen LogP contribution in [0.4, 0.5) is 0 Å². The van der Waals surface area contributed by atoms with E-state index in [0.29, 0.717) is 11.3 Å². The summed E-state index contributed by atoms with van der Waals surface area (Å²) in [5, 5.41) is 9.65. The Morgan fingerprint density at radius 1 is 1.35 bits per heavy atom. The molecule has 0 bridgehead atoms. The van der Waals surface area contributed by atoms with Crippen molar-refractivity contribution in [3.63, 3.8) is 0 Å². The predicted molar refractivity (Wildman–Crippen MR) is 91.7 cm³/mol. The Hall–Kier alpha value is -0.130. The zero-order valence-electron chi connectivity index (χ0n) is 12.8. The summed E-state index contributed by atoms with van der Waals surface area (Å²) >= 11 is 4.30. The summed E-state index contributed by atoms with van der Waals surface area (Å²) in [6, 6.07) is 2.63. The highest BCUT2D eigenvalue weighted by Gasteiger charge is 2.34. The fourth-order valence-corrected chi connectivity index (χ4v) is 6.10. The number of hydrogen-bond acceptors (Lipinski definition) is 4. The molecule has 5 heteroatoms. The molecule has 3 atom stereocenters. The molecule has 0 aliphatic carbocycles. The van der Waals surface area contributed by atoms with Gasteiger partial charge in [0, 0.05) is 34.7 Å². The second-order valence-electron chi connectivity index (χ2n) is 5.17. The second kappa shape index (κ2) is 8.35. The summed E-state index contributed by atoms with van der Waals surface area (Å²) in [6.07, 6.45) is 4.35. The van der Waals surface area contributed by atoms with E-state index in [4.69, 9.17) is 0 Å². The largest absolute Gasteiger partial charge is 0.308 e. The van der Waals surface area contributed by atoms with Crippen LogP contribution in [0.1, 0.15) is 45.3 Å². The zero-order chi connectivity index (χ0) is 14.4. The van der Waals surface area contributed by atoms with Crippen LogP contribution in [0.15, 0.2) is 12.3 Å². The highest BCUT2D eigenvalue weighted by molar-refractivity contribution is 8.07. The van der Waals surface area contributed by atoms with Gasteiger partial charge in [0.25, 0.3) is 0 Å². The topological polar surface area (TPSA) is 29.9 Å². The molecule has 0 saturated carbocycles. The monoisotopic (exact) mass is 313 g/mol. The maximum atomic E-state index is 4.52. The Labute approximate surface area is 131 Å². The summed E-state index contributed by atoms with van der Waals surface area (Å²) in [5.74, 6) is 2.57. The molecule has 20 heavy (non-hydrogen) atoms. The lowest BCUT2D eigenvalue weighted by molar-refractivity contribution is 0.458. The third kappa shape index (κ3) is 3.74. The minimum atomic E-state index is 0.428. The number of aromatic nitrogens is 2. The maximum absolute atomic E-state index is 4.52. The second-order valence-corrected chi connectivity index (χ2v) is 7.80. The minimum Gasteiger partial charge on any atom is -0.308 e. The average Bonchev–Trinajstić information content (AvgIpc) is 2.93. The van der Waals surface area contributed by atoms with E-state index < -0.39 is 0 Å². The number of thioether (sulfide) groups is 2. The molecule has 0 aromatic carbocycles. The maximum Gasteiger partial charge on any atom is 0.0623 e. The van der Waals surface area contributed by atoms with Crippen molar-refractivity contribution in [1.82, 2.24) is 15.1 Å². The molecular formula is C15H27N3S2. The number of hydrogen-bond donors (Lipinski definition) is 1. The summed E-state index contributed by atoms with van der Waals surface area (Å²) in [7, 11) is 0. The Balaban J connectivity index is 2.22. The van der Waals surface area contributed by atoms with Gasteiger partial charge in [-0.15, -0.1) is 0 Å². The Morgan fingerprint density at radius 2 is 2.15 bits per heavy atom. The highest BCUT2D eigenvalue weighted by Crippen LogP contribution is 2.40. The molecule has 1 aromatic rings. The van der Waals surface area contributed by atoms with E-state index in [1.807, 2.05) is 6.20 Å². The molecule has 1 N–H and O–H groups in total. The molecule has 2 heterocycles. The third-order valence-electron chi connectivity index (χ3n) is 3.75. The van der Waals surface area contributed by atoms with Crippen molar-refractivity contribution in [1.29, 1.82) is 0 Å². The Kier molecular flexibility index (Phi) is 6.78. The van der Waals surface area contributed by atoms with Gasteiger partial charge in [-0.3, -0.25) is 4.68 Å². The molecule has 1 saturated heterocycles. The van der Waals surface area contributed by atoms with E-state index in [2.05, 4.69) is 65.5 Å². The summed E-state index contributed by atoms with van der Waals surface area (Å²) in [6.45, 7) is 8.78. The van der Waals surface area contributed by atoms with Gasteiger partial charge >= 0.3 is 0 Å². The Bertz CT molecular complexity index is 394. The number of aryl methyl sites for hydroxylation is 1. The number of nitrogens with zero attached hydrogens (tertiary/aromatic N) is 2. The van der Waals surface area contributed by atoms with Crippen molar-refractivity contribution >= 4 is 23.5 Å². The lowest BCUT2D eigenvalue weighted by atomic mass is 10.1. The van der Waals surface area contributed by atoms with Crippen molar-refractivity contribution in [2.75, 3.05) is 18.1 Å². The van der Waals surface area contributed by atoms with Gasteiger partial charge in [0.2, 0.25) is 0 Å². The van der Waals surface area contributed by atoms with E-state index in [-0.39, 0.29) is 0 Å². The average molecular weight is 314 g/mol. The van der Waals surface area contributed by atoms with Crippen LogP contribution in [0.5, 0.6) is 0 Å². The van der Waals surface area contributed by atoms with Crippen LogP contribution in [0.3, 0.4) is 0 Å². The third-order valence-corrected chi connectivity index (χ3v) is 7.10. The first-order chi connectivity index (χ1) is 9.81. The van der Waals surface area contributed by atoms with E-state index in [1.54, 1.807) is 0 Å². The standard InChI is InChI=1S/C15H27N3S2/c1-4-9-18-12(7-8-17-18)14(16-6-3)15-13(5-2)19-10-11-20-15/h7-8,13-16H,4-6,9-11H2,1-3H3. The van der Waals surface area contributed by atoms with Crippen LogP contribution in [0.2, 0.25) is 0 Å². The molecule has 0 radical (unpaired) electrons. The zero-order valence-corrected chi connectivity index (χ0v) is 14.5. The molecule has 3 nitrogen and oxygen atoms in total. The van der Waals surface area contributed by atoms with Crippen molar-refractivity contribution in [3.05, 3.63) is 18.0 Å². The summed E-state index contributed by atoms with van der Waals surface area (Å²) in [5.41, 5.74) is 1.37. The first-order valence-electron chi connectivity index (χ1n) is 7.80. The molecule has 1 fully saturated rings. The minimum absolute atomic E-state index is 0.428.